The highest BCUT2D eigenvalue weighted by molar-refractivity contribution is 5.86. The number of hydrogen-bond donors (Lipinski definition) is 1. The molecule has 0 aromatic heterocycles. The van der Waals surface area contributed by atoms with Gasteiger partial charge in [0, 0.05) is 32.7 Å². The summed E-state index contributed by atoms with van der Waals surface area (Å²) in [4.78, 5) is 18.4. The minimum Gasteiger partial charge on any atom is -0.447 e. The van der Waals surface area contributed by atoms with Crippen LogP contribution in [0.15, 0.2) is 35.0 Å². The van der Waals surface area contributed by atoms with Gasteiger partial charge in [-0.2, -0.15) is 0 Å². The summed E-state index contributed by atoms with van der Waals surface area (Å²) in [7, 11) is 1.57. The lowest BCUT2D eigenvalue weighted by Crippen LogP contribution is -2.23. The third kappa shape index (κ3) is 6.52. The van der Waals surface area contributed by atoms with Gasteiger partial charge < -0.3 is 14.4 Å². The van der Waals surface area contributed by atoms with E-state index >= 15 is 0 Å². The SMILES string of the molecule is CC.CC=N/C(=C\C)CN1CCc2ccc(NC(=O)OCCOC)cc21.[HH]. The van der Waals surface area contributed by atoms with Crippen molar-refractivity contribution >= 4 is 23.7 Å². The number of carbonyl (C=O) groups excluding carboxylic acids is 1. The van der Waals surface area contributed by atoms with Crippen molar-refractivity contribution in [3.63, 3.8) is 0 Å². The molecular formula is C20H33N3O3. The van der Waals surface area contributed by atoms with E-state index in [1.165, 1.54) is 5.56 Å². The number of anilines is 2. The first-order chi connectivity index (χ1) is 12.7. The molecule has 1 aromatic carbocycles. The molecule has 1 N–H and O–H groups in total. The van der Waals surface area contributed by atoms with Crippen LogP contribution in [0.25, 0.3) is 0 Å². The quantitative estimate of drug-likeness (QED) is 0.572. The van der Waals surface area contributed by atoms with Crippen LogP contribution in [-0.4, -0.2) is 45.7 Å². The Balaban J connectivity index is 0.00000218. The fourth-order valence-corrected chi connectivity index (χ4v) is 2.63. The molecule has 0 radical (unpaired) electrons. The fourth-order valence-electron chi connectivity index (χ4n) is 2.63. The summed E-state index contributed by atoms with van der Waals surface area (Å²) in [6.45, 7) is 10.2. The molecule has 0 atom stereocenters. The molecule has 146 valence electrons. The van der Waals surface area contributed by atoms with Crippen molar-refractivity contribution < 1.29 is 15.7 Å². The maximum Gasteiger partial charge on any atom is 0.411 e. The maximum atomic E-state index is 11.7. The number of benzene rings is 1. The Morgan fingerprint density at radius 3 is 2.77 bits per heavy atom. The molecule has 0 bridgehead atoms. The summed E-state index contributed by atoms with van der Waals surface area (Å²) in [5, 5.41) is 2.76. The highest BCUT2D eigenvalue weighted by Gasteiger charge is 2.20. The van der Waals surface area contributed by atoms with Crippen molar-refractivity contribution in [3.05, 3.63) is 35.5 Å². The normalized spacial score (nSPS) is 13.3. The molecule has 0 saturated carbocycles. The molecule has 1 amide bonds. The summed E-state index contributed by atoms with van der Waals surface area (Å²) in [5.41, 5.74) is 4.17. The van der Waals surface area contributed by atoms with Crippen LogP contribution in [0.2, 0.25) is 0 Å². The van der Waals surface area contributed by atoms with E-state index in [0.29, 0.717) is 6.61 Å². The molecule has 0 aliphatic carbocycles. The predicted octanol–water partition coefficient (Wildman–Crippen LogP) is 4.51. The number of nitrogens with one attached hydrogen (secondary N) is 1. The second-order valence-electron chi connectivity index (χ2n) is 5.44. The zero-order chi connectivity index (χ0) is 19.4. The van der Waals surface area contributed by atoms with Crippen LogP contribution < -0.4 is 10.2 Å². The second-order valence-corrected chi connectivity index (χ2v) is 5.44. The zero-order valence-electron chi connectivity index (χ0n) is 16.5. The van der Waals surface area contributed by atoms with Crippen LogP contribution in [-0.2, 0) is 15.9 Å². The van der Waals surface area contributed by atoms with E-state index in [-0.39, 0.29) is 8.03 Å². The van der Waals surface area contributed by atoms with Gasteiger partial charge in [-0.3, -0.25) is 10.3 Å². The standard InChI is InChI=1S/C18H25N3O3.C2H6.H2/c1-4-15(19-5-2)13-21-9-8-14-6-7-16(12-17(14)21)20-18(22)24-11-10-23-3;1-2;/h4-7,12H,8-11,13H2,1-3H3,(H,20,22);1-2H3;1H/b15-4-,19-5?;;. The van der Waals surface area contributed by atoms with Crippen LogP contribution in [0.3, 0.4) is 0 Å². The summed E-state index contributed by atoms with van der Waals surface area (Å²) >= 11 is 0. The number of allylic oxidation sites excluding steroid dienone is 1. The monoisotopic (exact) mass is 363 g/mol. The molecule has 0 unspecified atom stereocenters. The van der Waals surface area contributed by atoms with Gasteiger partial charge in [0.05, 0.1) is 18.8 Å². The van der Waals surface area contributed by atoms with E-state index in [2.05, 4.69) is 21.3 Å². The Hall–Kier alpha value is -2.34. The van der Waals surface area contributed by atoms with Crippen molar-refractivity contribution in [3.8, 4) is 0 Å². The highest BCUT2D eigenvalue weighted by atomic mass is 16.6. The van der Waals surface area contributed by atoms with Crippen LogP contribution >= 0.6 is 0 Å². The first-order valence-electron chi connectivity index (χ1n) is 9.12. The van der Waals surface area contributed by atoms with Crippen LogP contribution in [0.1, 0.15) is 34.7 Å². The van der Waals surface area contributed by atoms with E-state index in [9.17, 15) is 4.79 Å². The average molecular weight is 364 g/mol. The van der Waals surface area contributed by atoms with Gasteiger partial charge in [-0.05, 0) is 38.0 Å². The number of fused-ring (bicyclic) bond motifs is 1. The molecule has 6 nitrogen and oxygen atoms in total. The Morgan fingerprint density at radius 1 is 1.35 bits per heavy atom. The lowest BCUT2D eigenvalue weighted by Gasteiger charge is -2.20. The molecular weight excluding hydrogens is 330 g/mol. The number of methoxy groups -OCH3 is 1. The number of hydrogen-bond acceptors (Lipinski definition) is 5. The first kappa shape index (κ1) is 21.7. The molecule has 6 heteroatoms. The van der Waals surface area contributed by atoms with Crippen molar-refractivity contribution in [1.29, 1.82) is 0 Å². The maximum absolute atomic E-state index is 11.7. The van der Waals surface area contributed by atoms with E-state index in [4.69, 9.17) is 9.47 Å². The molecule has 2 rings (SSSR count). The topological polar surface area (TPSA) is 63.2 Å². The van der Waals surface area contributed by atoms with Gasteiger partial charge in [-0.15, -0.1) is 0 Å². The minimum absolute atomic E-state index is 0. The average Bonchev–Trinajstić information content (AvgIpc) is 3.05. The van der Waals surface area contributed by atoms with Gasteiger partial charge in [0.2, 0.25) is 0 Å². The lowest BCUT2D eigenvalue weighted by molar-refractivity contribution is 0.107. The van der Waals surface area contributed by atoms with E-state index in [1.807, 2.05) is 45.9 Å². The molecule has 26 heavy (non-hydrogen) atoms. The van der Waals surface area contributed by atoms with Crippen LogP contribution in [0.4, 0.5) is 16.2 Å². The van der Waals surface area contributed by atoms with Crippen molar-refractivity contribution in [2.45, 2.75) is 34.1 Å². The molecule has 0 spiro atoms. The fraction of sp³-hybridized carbons (Fsp3) is 0.500. The predicted molar refractivity (Wildman–Crippen MR) is 111 cm³/mol. The number of carbonyl (C=O) groups is 1. The highest BCUT2D eigenvalue weighted by Crippen LogP contribution is 2.31. The van der Waals surface area contributed by atoms with Crippen molar-refractivity contribution in [2.24, 2.45) is 4.99 Å². The van der Waals surface area contributed by atoms with Gasteiger partial charge in [0.25, 0.3) is 0 Å². The van der Waals surface area contributed by atoms with Gasteiger partial charge in [-0.1, -0.05) is 26.0 Å². The van der Waals surface area contributed by atoms with E-state index < -0.39 is 6.09 Å². The molecule has 0 saturated heterocycles. The van der Waals surface area contributed by atoms with E-state index in [1.54, 1.807) is 13.3 Å². The summed E-state index contributed by atoms with van der Waals surface area (Å²) in [6.07, 6.45) is 4.36. The third-order valence-corrected chi connectivity index (χ3v) is 3.83. The Kier molecular flexibility index (Phi) is 10.1. The number of rotatable bonds is 7. The van der Waals surface area contributed by atoms with Crippen molar-refractivity contribution in [1.82, 2.24) is 0 Å². The molecule has 1 aliphatic heterocycles. The number of ether oxygens (including phenoxy) is 2. The van der Waals surface area contributed by atoms with Gasteiger partial charge >= 0.3 is 6.09 Å². The number of nitrogens with zero attached hydrogens (tertiary/aromatic N) is 2. The first-order valence-corrected chi connectivity index (χ1v) is 9.12. The second kappa shape index (κ2) is 12.1. The molecule has 0 fully saturated rings. The number of aliphatic imine (C=N–C) groups is 1. The third-order valence-electron chi connectivity index (χ3n) is 3.83. The van der Waals surface area contributed by atoms with Crippen molar-refractivity contribution in [2.75, 3.05) is 43.6 Å². The smallest absolute Gasteiger partial charge is 0.411 e. The minimum atomic E-state index is -0.471. The zero-order valence-corrected chi connectivity index (χ0v) is 16.5. The van der Waals surface area contributed by atoms with E-state index in [0.717, 1.165) is 36.6 Å². The Morgan fingerprint density at radius 2 is 2.12 bits per heavy atom. The molecule has 1 aromatic rings. The van der Waals surface area contributed by atoms with Gasteiger partial charge in [-0.25, -0.2) is 4.79 Å². The summed E-state index contributed by atoms with van der Waals surface area (Å²) in [6, 6.07) is 5.95. The van der Waals surface area contributed by atoms with Gasteiger partial charge in [0.15, 0.2) is 0 Å². The lowest BCUT2D eigenvalue weighted by atomic mass is 10.1. The summed E-state index contributed by atoms with van der Waals surface area (Å²) < 4.78 is 9.89. The summed E-state index contributed by atoms with van der Waals surface area (Å²) in [5.74, 6) is 0. The van der Waals surface area contributed by atoms with Gasteiger partial charge in [0.1, 0.15) is 6.61 Å². The Bertz CT molecular complexity index is 633. The van der Waals surface area contributed by atoms with Crippen LogP contribution in [0, 0.1) is 0 Å². The Labute approximate surface area is 158 Å². The van der Waals surface area contributed by atoms with Crippen LogP contribution in [0.5, 0.6) is 0 Å². The molecule has 1 aliphatic rings. The molecule has 1 heterocycles. The number of amides is 1. The largest absolute Gasteiger partial charge is 0.447 e.